The van der Waals surface area contributed by atoms with Gasteiger partial charge in [-0.25, -0.2) is 4.79 Å². The van der Waals surface area contributed by atoms with Crippen LogP contribution in [0.2, 0.25) is 0 Å². The summed E-state index contributed by atoms with van der Waals surface area (Å²) in [5, 5.41) is 12.0. The molecule has 0 saturated heterocycles. The highest BCUT2D eigenvalue weighted by atomic mass is 16.6. The molecular formula is C21H24N2O4. The lowest BCUT2D eigenvalue weighted by atomic mass is 9.91. The standard InChI is InChI=1S/C21H24N2O4/c1-3-20(25)23-14(2)12-18(17-6-4-5-7-19(17)23)22-21(26)27-16-10-8-15(13-24)9-11-16/h4-11,14,18,24H,3,12-13H2,1-2H3,(H,22,26)/t14-,18+/m0/s1. The van der Waals surface area contributed by atoms with Crippen LogP contribution in [0.15, 0.2) is 48.5 Å². The Bertz CT molecular complexity index is 819. The van der Waals surface area contributed by atoms with Crippen LogP contribution < -0.4 is 15.0 Å². The molecule has 0 spiro atoms. The lowest BCUT2D eigenvalue weighted by molar-refractivity contribution is -0.118. The van der Waals surface area contributed by atoms with Crippen molar-refractivity contribution in [3.63, 3.8) is 0 Å². The number of aliphatic hydroxyl groups is 1. The number of carbonyl (C=O) groups is 2. The molecule has 27 heavy (non-hydrogen) atoms. The average Bonchev–Trinajstić information content (AvgIpc) is 2.68. The lowest BCUT2D eigenvalue weighted by Crippen LogP contribution is -2.46. The molecule has 0 saturated carbocycles. The molecule has 0 radical (unpaired) electrons. The van der Waals surface area contributed by atoms with Crippen molar-refractivity contribution < 1.29 is 19.4 Å². The van der Waals surface area contributed by atoms with Crippen LogP contribution in [0, 0.1) is 0 Å². The van der Waals surface area contributed by atoms with Crippen molar-refractivity contribution in [1.82, 2.24) is 5.32 Å². The third-order valence-electron chi connectivity index (χ3n) is 4.77. The SMILES string of the molecule is CCC(=O)N1c2ccccc2[C@H](NC(=O)Oc2ccc(CO)cc2)C[C@@H]1C. The molecule has 0 bridgehead atoms. The van der Waals surface area contributed by atoms with Gasteiger partial charge in [0.05, 0.1) is 12.6 Å². The zero-order chi connectivity index (χ0) is 19.4. The fourth-order valence-electron chi connectivity index (χ4n) is 3.44. The molecule has 6 nitrogen and oxygen atoms in total. The largest absolute Gasteiger partial charge is 0.413 e. The third kappa shape index (κ3) is 4.11. The van der Waals surface area contributed by atoms with Crippen molar-refractivity contribution in [1.29, 1.82) is 0 Å². The van der Waals surface area contributed by atoms with Crippen molar-refractivity contribution >= 4 is 17.7 Å². The van der Waals surface area contributed by atoms with Gasteiger partial charge in [-0.1, -0.05) is 37.3 Å². The summed E-state index contributed by atoms with van der Waals surface area (Å²) in [5.41, 5.74) is 2.49. The molecule has 0 unspecified atom stereocenters. The van der Waals surface area contributed by atoms with E-state index in [1.807, 2.05) is 43.0 Å². The molecule has 142 valence electrons. The zero-order valence-corrected chi connectivity index (χ0v) is 15.5. The Balaban J connectivity index is 1.76. The van der Waals surface area contributed by atoms with E-state index in [1.165, 1.54) is 0 Å². The van der Waals surface area contributed by atoms with Gasteiger partial charge in [0.25, 0.3) is 0 Å². The highest BCUT2D eigenvalue weighted by Crippen LogP contribution is 2.37. The van der Waals surface area contributed by atoms with Crippen LogP contribution in [0.3, 0.4) is 0 Å². The molecule has 2 aromatic carbocycles. The highest BCUT2D eigenvalue weighted by molar-refractivity contribution is 5.95. The summed E-state index contributed by atoms with van der Waals surface area (Å²) in [7, 11) is 0. The van der Waals surface area contributed by atoms with E-state index in [0.717, 1.165) is 16.8 Å². The Morgan fingerprint density at radius 3 is 2.56 bits per heavy atom. The van der Waals surface area contributed by atoms with Crippen LogP contribution in [0.25, 0.3) is 0 Å². The Hall–Kier alpha value is -2.86. The Morgan fingerprint density at radius 2 is 1.89 bits per heavy atom. The number of hydrogen-bond acceptors (Lipinski definition) is 4. The molecule has 0 fully saturated rings. The Kier molecular flexibility index (Phi) is 5.76. The molecule has 2 N–H and O–H groups in total. The van der Waals surface area contributed by atoms with Gasteiger partial charge in [-0.3, -0.25) is 4.79 Å². The van der Waals surface area contributed by atoms with Gasteiger partial charge in [-0.2, -0.15) is 0 Å². The predicted octanol–water partition coefficient (Wildman–Crippen LogP) is 3.54. The van der Waals surface area contributed by atoms with Gasteiger partial charge in [0.2, 0.25) is 5.91 Å². The number of fused-ring (bicyclic) bond motifs is 1. The number of aliphatic hydroxyl groups excluding tert-OH is 1. The molecule has 1 aliphatic heterocycles. The summed E-state index contributed by atoms with van der Waals surface area (Å²) < 4.78 is 5.35. The number of rotatable bonds is 4. The highest BCUT2D eigenvalue weighted by Gasteiger charge is 2.33. The number of amides is 2. The predicted molar refractivity (Wildman–Crippen MR) is 103 cm³/mol. The van der Waals surface area contributed by atoms with Crippen LogP contribution in [0.4, 0.5) is 10.5 Å². The van der Waals surface area contributed by atoms with Crippen molar-refractivity contribution in [2.24, 2.45) is 0 Å². The van der Waals surface area contributed by atoms with Gasteiger partial charge >= 0.3 is 6.09 Å². The van der Waals surface area contributed by atoms with Gasteiger partial charge in [0, 0.05) is 18.2 Å². The summed E-state index contributed by atoms with van der Waals surface area (Å²) in [6, 6.07) is 14.1. The summed E-state index contributed by atoms with van der Waals surface area (Å²) in [6.45, 7) is 3.77. The van der Waals surface area contributed by atoms with Crippen molar-refractivity contribution in [3.05, 3.63) is 59.7 Å². The van der Waals surface area contributed by atoms with E-state index < -0.39 is 6.09 Å². The van der Waals surface area contributed by atoms with Crippen LogP contribution in [-0.2, 0) is 11.4 Å². The number of para-hydroxylation sites is 1. The first-order valence-corrected chi connectivity index (χ1v) is 9.12. The first-order valence-electron chi connectivity index (χ1n) is 9.12. The van der Waals surface area contributed by atoms with Crippen molar-refractivity contribution in [3.8, 4) is 5.75 Å². The smallest absolute Gasteiger partial charge is 0.410 e. The van der Waals surface area contributed by atoms with E-state index in [0.29, 0.717) is 18.6 Å². The minimum atomic E-state index is -0.547. The number of nitrogens with zero attached hydrogens (tertiary/aromatic N) is 1. The number of benzene rings is 2. The van der Waals surface area contributed by atoms with Gasteiger partial charge in [0.1, 0.15) is 5.75 Å². The first kappa shape index (κ1) is 18.9. The molecule has 0 aliphatic carbocycles. The summed E-state index contributed by atoms with van der Waals surface area (Å²) in [5.74, 6) is 0.476. The van der Waals surface area contributed by atoms with Crippen LogP contribution in [0.1, 0.15) is 43.9 Å². The van der Waals surface area contributed by atoms with E-state index in [4.69, 9.17) is 9.84 Å². The van der Waals surface area contributed by atoms with E-state index in [1.54, 1.807) is 24.3 Å². The minimum absolute atomic E-state index is 0.0264. The molecule has 1 aliphatic rings. The molecule has 1 heterocycles. The van der Waals surface area contributed by atoms with E-state index in [-0.39, 0.29) is 24.6 Å². The minimum Gasteiger partial charge on any atom is -0.410 e. The molecule has 2 aromatic rings. The second kappa shape index (κ2) is 8.22. The average molecular weight is 368 g/mol. The topological polar surface area (TPSA) is 78.9 Å². The quantitative estimate of drug-likeness (QED) is 0.865. The van der Waals surface area contributed by atoms with E-state index >= 15 is 0 Å². The van der Waals surface area contributed by atoms with Gasteiger partial charge in [-0.05, 0) is 42.7 Å². The lowest BCUT2D eigenvalue weighted by Gasteiger charge is -2.39. The molecular weight excluding hydrogens is 344 g/mol. The molecule has 6 heteroatoms. The molecule has 3 rings (SSSR count). The molecule has 0 aromatic heterocycles. The normalized spacial score (nSPS) is 18.6. The van der Waals surface area contributed by atoms with Gasteiger partial charge in [-0.15, -0.1) is 0 Å². The van der Waals surface area contributed by atoms with Gasteiger partial charge in [0.15, 0.2) is 0 Å². The zero-order valence-electron chi connectivity index (χ0n) is 15.5. The summed E-state index contributed by atoms with van der Waals surface area (Å²) >= 11 is 0. The number of ether oxygens (including phenoxy) is 1. The van der Waals surface area contributed by atoms with Crippen molar-refractivity contribution in [2.45, 2.75) is 45.4 Å². The van der Waals surface area contributed by atoms with Crippen LogP contribution in [0.5, 0.6) is 5.75 Å². The van der Waals surface area contributed by atoms with Crippen LogP contribution in [-0.4, -0.2) is 23.1 Å². The maximum atomic E-state index is 12.4. The number of anilines is 1. The number of carbonyl (C=O) groups excluding carboxylic acids is 2. The van der Waals surface area contributed by atoms with E-state index in [2.05, 4.69) is 5.32 Å². The fraction of sp³-hybridized carbons (Fsp3) is 0.333. The fourth-order valence-corrected chi connectivity index (χ4v) is 3.44. The monoisotopic (exact) mass is 368 g/mol. The molecule has 2 amide bonds. The van der Waals surface area contributed by atoms with Crippen molar-refractivity contribution in [2.75, 3.05) is 4.90 Å². The first-order chi connectivity index (χ1) is 13.0. The Labute approximate surface area is 158 Å². The number of nitrogens with one attached hydrogen (secondary N) is 1. The Morgan fingerprint density at radius 1 is 1.19 bits per heavy atom. The second-order valence-electron chi connectivity index (χ2n) is 6.65. The summed E-state index contributed by atoms with van der Waals surface area (Å²) in [4.78, 5) is 26.5. The third-order valence-corrected chi connectivity index (χ3v) is 4.77. The molecule has 2 atom stereocenters. The maximum absolute atomic E-state index is 12.4. The summed E-state index contributed by atoms with van der Waals surface area (Å²) in [6.07, 6.45) is 0.498. The van der Waals surface area contributed by atoms with E-state index in [9.17, 15) is 9.59 Å². The van der Waals surface area contributed by atoms with Gasteiger partial charge < -0.3 is 20.1 Å². The second-order valence-corrected chi connectivity index (χ2v) is 6.65. The number of hydrogen-bond donors (Lipinski definition) is 2. The maximum Gasteiger partial charge on any atom is 0.413 e. The van der Waals surface area contributed by atoms with Crippen LogP contribution >= 0.6 is 0 Å².